The normalized spacial score (nSPS) is 19.0. The van der Waals surface area contributed by atoms with Crippen LogP contribution >= 0.6 is 0 Å². The average molecular weight is 310 g/mol. The molecule has 0 aliphatic heterocycles. The van der Waals surface area contributed by atoms with E-state index in [1.165, 1.54) is 0 Å². The number of carbonyl (C=O) groups excluding carboxylic acids is 2. The zero-order valence-corrected chi connectivity index (χ0v) is 12.7. The first-order chi connectivity index (χ1) is 11.0. The Bertz CT molecular complexity index is 740. The molecule has 0 saturated carbocycles. The van der Waals surface area contributed by atoms with E-state index in [1.54, 1.807) is 12.1 Å². The molecule has 2 amide bonds. The fraction of sp³-hybridized carbons (Fsp3) is 0.222. The van der Waals surface area contributed by atoms with Crippen LogP contribution in [0.2, 0.25) is 0 Å². The molecule has 0 bridgehead atoms. The van der Waals surface area contributed by atoms with Gasteiger partial charge in [0.25, 0.3) is 0 Å². The first-order valence-electron chi connectivity index (χ1n) is 7.49. The van der Waals surface area contributed by atoms with Gasteiger partial charge in [0, 0.05) is 12.1 Å². The van der Waals surface area contributed by atoms with E-state index >= 15 is 0 Å². The lowest BCUT2D eigenvalue weighted by Gasteiger charge is -2.17. The first-order valence-corrected chi connectivity index (χ1v) is 7.49. The summed E-state index contributed by atoms with van der Waals surface area (Å²) in [5.74, 6) is -1.50. The number of aliphatic hydroxyl groups excluding tert-OH is 1. The number of aliphatic hydroxyl groups is 1. The Morgan fingerprint density at radius 1 is 1.04 bits per heavy atom. The molecule has 2 aromatic carbocycles. The van der Waals surface area contributed by atoms with Gasteiger partial charge in [-0.05, 0) is 30.2 Å². The molecule has 0 heterocycles. The smallest absolute Gasteiger partial charge is 0.313 e. The Labute approximate surface area is 134 Å². The Balaban J connectivity index is 1.67. The second-order valence-electron chi connectivity index (χ2n) is 5.74. The molecule has 0 saturated heterocycles. The van der Waals surface area contributed by atoms with E-state index in [0.717, 1.165) is 16.7 Å². The van der Waals surface area contributed by atoms with Crippen molar-refractivity contribution >= 4 is 17.5 Å². The topological polar surface area (TPSA) is 78.4 Å². The Hall–Kier alpha value is -2.66. The lowest BCUT2D eigenvalue weighted by molar-refractivity contribution is -0.137. The van der Waals surface area contributed by atoms with Gasteiger partial charge < -0.3 is 15.7 Å². The van der Waals surface area contributed by atoms with Crippen LogP contribution in [0.3, 0.4) is 0 Å². The van der Waals surface area contributed by atoms with Gasteiger partial charge in [0.2, 0.25) is 0 Å². The number of fused-ring (bicyclic) bond motifs is 1. The van der Waals surface area contributed by atoms with Gasteiger partial charge >= 0.3 is 11.8 Å². The summed E-state index contributed by atoms with van der Waals surface area (Å²) in [5.41, 5.74) is 3.47. The van der Waals surface area contributed by atoms with Gasteiger partial charge in [-0.1, -0.05) is 42.0 Å². The minimum absolute atomic E-state index is 0.473. The van der Waals surface area contributed by atoms with Crippen molar-refractivity contribution in [1.29, 1.82) is 0 Å². The van der Waals surface area contributed by atoms with Crippen LogP contribution in [0.5, 0.6) is 0 Å². The van der Waals surface area contributed by atoms with Gasteiger partial charge in [0.1, 0.15) is 0 Å². The second kappa shape index (κ2) is 6.22. The zero-order valence-electron chi connectivity index (χ0n) is 12.7. The van der Waals surface area contributed by atoms with Crippen LogP contribution in [-0.4, -0.2) is 23.0 Å². The molecule has 0 radical (unpaired) electrons. The highest BCUT2D eigenvalue weighted by atomic mass is 16.3. The van der Waals surface area contributed by atoms with Crippen LogP contribution in [0.25, 0.3) is 0 Å². The first kappa shape index (κ1) is 15.2. The molecule has 0 fully saturated rings. The third kappa shape index (κ3) is 3.24. The third-order valence-corrected chi connectivity index (χ3v) is 4.01. The van der Waals surface area contributed by atoms with Crippen molar-refractivity contribution in [2.24, 2.45) is 0 Å². The number of amides is 2. The molecule has 5 nitrogen and oxygen atoms in total. The molecule has 2 atom stereocenters. The van der Waals surface area contributed by atoms with Gasteiger partial charge in [-0.15, -0.1) is 0 Å². The summed E-state index contributed by atoms with van der Waals surface area (Å²) >= 11 is 0. The number of benzene rings is 2. The van der Waals surface area contributed by atoms with E-state index in [1.807, 2.05) is 43.3 Å². The van der Waals surface area contributed by atoms with E-state index < -0.39 is 24.0 Å². The lowest BCUT2D eigenvalue weighted by atomic mass is 10.1. The van der Waals surface area contributed by atoms with Gasteiger partial charge in [-0.25, -0.2) is 0 Å². The number of hydrogen-bond acceptors (Lipinski definition) is 3. The summed E-state index contributed by atoms with van der Waals surface area (Å²) < 4.78 is 0. The zero-order chi connectivity index (χ0) is 16.4. The molecule has 23 heavy (non-hydrogen) atoms. The number of hydrogen-bond donors (Lipinski definition) is 3. The van der Waals surface area contributed by atoms with Crippen molar-refractivity contribution in [1.82, 2.24) is 5.32 Å². The summed E-state index contributed by atoms with van der Waals surface area (Å²) in [6, 6.07) is 14.1. The highest BCUT2D eigenvalue weighted by Gasteiger charge is 2.33. The summed E-state index contributed by atoms with van der Waals surface area (Å²) in [5, 5.41) is 15.3. The molecule has 2 aromatic rings. The summed E-state index contributed by atoms with van der Waals surface area (Å²) in [7, 11) is 0. The number of nitrogens with one attached hydrogen (secondary N) is 2. The van der Waals surface area contributed by atoms with Gasteiger partial charge in [0.15, 0.2) is 0 Å². The molecule has 5 heteroatoms. The van der Waals surface area contributed by atoms with Crippen molar-refractivity contribution in [3.05, 3.63) is 65.2 Å². The van der Waals surface area contributed by atoms with Crippen LogP contribution < -0.4 is 10.6 Å². The van der Waals surface area contributed by atoms with Crippen molar-refractivity contribution in [2.75, 3.05) is 5.32 Å². The van der Waals surface area contributed by atoms with Crippen LogP contribution in [0.1, 0.15) is 22.7 Å². The maximum atomic E-state index is 12.1. The van der Waals surface area contributed by atoms with E-state index in [9.17, 15) is 14.7 Å². The van der Waals surface area contributed by atoms with Crippen LogP contribution in [0, 0.1) is 6.92 Å². The number of anilines is 1. The van der Waals surface area contributed by atoms with E-state index in [-0.39, 0.29) is 0 Å². The van der Waals surface area contributed by atoms with E-state index in [2.05, 4.69) is 10.6 Å². The minimum Gasteiger partial charge on any atom is -0.390 e. The van der Waals surface area contributed by atoms with Crippen LogP contribution in [-0.2, 0) is 16.0 Å². The quantitative estimate of drug-likeness (QED) is 0.739. The Kier molecular flexibility index (Phi) is 4.12. The highest BCUT2D eigenvalue weighted by Crippen LogP contribution is 2.31. The van der Waals surface area contributed by atoms with E-state index in [0.29, 0.717) is 12.1 Å². The molecular formula is C18H18N2O3. The van der Waals surface area contributed by atoms with Gasteiger partial charge in [-0.2, -0.15) is 0 Å². The maximum absolute atomic E-state index is 12.1. The van der Waals surface area contributed by atoms with Crippen molar-refractivity contribution in [3.8, 4) is 0 Å². The predicted octanol–water partition coefficient (Wildman–Crippen LogP) is 1.71. The summed E-state index contributed by atoms with van der Waals surface area (Å²) in [6.45, 7) is 1.94. The number of carbonyl (C=O) groups is 2. The maximum Gasteiger partial charge on any atom is 0.313 e. The summed E-state index contributed by atoms with van der Waals surface area (Å²) in [6.07, 6.45) is -0.246. The molecule has 3 rings (SSSR count). The monoisotopic (exact) mass is 310 g/mol. The molecule has 0 aromatic heterocycles. The van der Waals surface area contributed by atoms with Gasteiger partial charge in [0.05, 0.1) is 12.1 Å². The molecular weight excluding hydrogens is 292 g/mol. The molecule has 0 spiro atoms. The molecule has 1 aliphatic rings. The number of aryl methyl sites for hydroxylation is 1. The lowest BCUT2D eigenvalue weighted by Crippen LogP contribution is -2.40. The third-order valence-electron chi connectivity index (χ3n) is 4.01. The van der Waals surface area contributed by atoms with Crippen LogP contribution in [0.4, 0.5) is 5.69 Å². The second-order valence-corrected chi connectivity index (χ2v) is 5.74. The SMILES string of the molecule is Cc1ccc(NC(=O)C(=O)NC2c3ccccc3CC2O)cc1. The molecule has 3 N–H and O–H groups in total. The molecule has 2 unspecified atom stereocenters. The fourth-order valence-corrected chi connectivity index (χ4v) is 2.78. The Morgan fingerprint density at radius 3 is 2.48 bits per heavy atom. The van der Waals surface area contributed by atoms with E-state index in [4.69, 9.17) is 0 Å². The van der Waals surface area contributed by atoms with Crippen molar-refractivity contribution in [2.45, 2.75) is 25.5 Å². The van der Waals surface area contributed by atoms with Crippen LogP contribution in [0.15, 0.2) is 48.5 Å². The fourth-order valence-electron chi connectivity index (χ4n) is 2.78. The largest absolute Gasteiger partial charge is 0.390 e. The highest BCUT2D eigenvalue weighted by molar-refractivity contribution is 6.39. The average Bonchev–Trinajstić information content (AvgIpc) is 2.85. The Morgan fingerprint density at radius 2 is 1.74 bits per heavy atom. The minimum atomic E-state index is -0.758. The summed E-state index contributed by atoms with van der Waals surface area (Å²) in [4.78, 5) is 24.1. The van der Waals surface area contributed by atoms with Crippen molar-refractivity contribution < 1.29 is 14.7 Å². The van der Waals surface area contributed by atoms with Crippen molar-refractivity contribution in [3.63, 3.8) is 0 Å². The standard InChI is InChI=1S/C18H18N2O3/c1-11-6-8-13(9-7-11)19-17(22)18(23)20-16-14-5-3-2-4-12(14)10-15(16)21/h2-9,15-16,21H,10H2,1H3,(H,19,22)(H,20,23). The molecule has 118 valence electrons. The van der Waals surface area contributed by atoms with Gasteiger partial charge in [-0.3, -0.25) is 9.59 Å². The molecule has 1 aliphatic carbocycles. The number of rotatable bonds is 2. The predicted molar refractivity (Wildman–Crippen MR) is 86.8 cm³/mol.